The van der Waals surface area contributed by atoms with Crippen molar-refractivity contribution in [2.24, 2.45) is 5.92 Å². The maximum absolute atomic E-state index is 11.6. The maximum atomic E-state index is 11.6. The molecule has 1 aromatic heterocycles. The van der Waals surface area contributed by atoms with Gasteiger partial charge in [-0.05, 0) is 18.1 Å². The normalized spacial score (nSPS) is 12.4. The fourth-order valence-electron chi connectivity index (χ4n) is 1.25. The Morgan fingerprint density at radius 3 is 2.60 bits per heavy atom. The first-order valence-electron chi connectivity index (χ1n) is 4.49. The minimum absolute atomic E-state index is 0.0187. The van der Waals surface area contributed by atoms with Gasteiger partial charge in [0.2, 0.25) is 0 Å². The zero-order valence-corrected chi connectivity index (χ0v) is 9.77. The molecule has 0 fully saturated rings. The number of carboxylic acids is 1. The second-order valence-corrected chi connectivity index (χ2v) is 5.15. The molecule has 0 bridgehead atoms. The monoisotopic (exact) mass is 246 g/mol. The standard InChI is InChI=1S/C10H11ClO3S/c1-6(5-10(13)14)4-7(12)8-2-3-9(11)15-8/h2-3,6H,4-5H2,1H3,(H,13,14)/t6-/m1/s1. The first-order chi connectivity index (χ1) is 6.99. The minimum Gasteiger partial charge on any atom is -0.481 e. The Morgan fingerprint density at radius 1 is 1.47 bits per heavy atom. The van der Waals surface area contributed by atoms with Crippen molar-refractivity contribution < 1.29 is 14.7 Å². The third-order valence-corrected chi connectivity index (χ3v) is 3.18. The van der Waals surface area contributed by atoms with Crippen LogP contribution in [0, 0.1) is 5.92 Å². The molecule has 0 aromatic carbocycles. The molecule has 5 heteroatoms. The number of aliphatic carboxylic acids is 1. The second kappa shape index (κ2) is 5.28. The molecule has 0 amide bonds. The van der Waals surface area contributed by atoms with Gasteiger partial charge in [-0.3, -0.25) is 9.59 Å². The number of hydrogen-bond acceptors (Lipinski definition) is 3. The number of ketones is 1. The summed E-state index contributed by atoms with van der Waals surface area (Å²) in [6.07, 6.45) is 0.272. The Bertz CT molecular complexity index is 372. The summed E-state index contributed by atoms with van der Waals surface area (Å²) in [5.74, 6) is -1.06. The molecule has 0 radical (unpaired) electrons. The van der Waals surface area contributed by atoms with E-state index in [0.29, 0.717) is 9.21 Å². The first kappa shape index (κ1) is 12.2. The van der Waals surface area contributed by atoms with E-state index in [-0.39, 0.29) is 24.5 Å². The zero-order valence-electron chi connectivity index (χ0n) is 8.20. The molecule has 1 aromatic rings. The summed E-state index contributed by atoms with van der Waals surface area (Å²) < 4.78 is 0.573. The van der Waals surface area contributed by atoms with Crippen LogP contribution in [0.4, 0.5) is 0 Å². The van der Waals surface area contributed by atoms with E-state index < -0.39 is 5.97 Å². The van der Waals surface area contributed by atoms with Crippen LogP contribution in [0.5, 0.6) is 0 Å². The molecule has 15 heavy (non-hydrogen) atoms. The number of carboxylic acid groups (broad SMARTS) is 1. The quantitative estimate of drug-likeness (QED) is 0.813. The Kier molecular flexibility index (Phi) is 4.29. The van der Waals surface area contributed by atoms with Crippen LogP contribution in [-0.2, 0) is 4.79 Å². The van der Waals surface area contributed by atoms with Crippen LogP contribution in [0.15, 0.2) is 12.1 Å². The fraction of sp³-hybridized carbons (Fsp3) is 0.400. The van der Waals surface area contributed by atoms with Crippen LogP contribution in [0.3, 0.4) is 0 Å². The van der Waals surface area contributed by atoms with Gasteiger partial charge in [0.05, 0.1) is 9.21 Å². The maximum Gasteiger partial charge on any atom is 0.303 e. The molecule has 0 spiro atoms. The topological polar surface area (TPSA) is 54.4 Å². The lowest BCUT2D eigenvalue weighted by Gasteiger charge is -2.05. The minimum atomic E-state index is -0.875. The van der Waals surface area contributed by atoms with Gasteiger partial charge in [-0.2, -0.15) is 0 Å². The summed E-state index contributed by atoms with van der Waals surface area (Å²) in [5, 5.41) is 8.54. The highest BCUT2D eigenvalue weighted by Gasteiger charge is 2.15. The Labute approximate surface area is 96.7 Å². The van der Waals surface area contributed by atoms with Crippen LogP contribution < -0.4 is 0 Å². The van der Waals surface area contributed by atoms with Crippen molar-refractivity contribution in [2.45, 2.75) is 19.8 Å². The molecule has 1 N–H and O–H groups in total. The summed E-state index contributed by atoms with van der Waals surface area (Å²) in [5.41, 5.74) is 0. The predicted octanol–water partition coefficient (Wildman–Crippen LogP) is 3.09. The van der Waals surface area contributed by atoms with Gasteiger partial charge in [0.25, 0.3) is 0 Å². The Morgan fingerprint density at radius 2 is 2.13 bits per heavy atom. The lowest BCUT2D eigenvalue weighted by molar-refractivity contribution is -0.137. The van der Waals surface area contributed by atoms with Crippen LogP contribution >= 0.6 is 22.9 Å². The van der Waals surface area contributed by atoms with Crippen molar-refractivity contribution in [2.75, 3.05) is 0 Å². The van der Waals surface area contributed by atoms with Crippen molar-refractivity contribution in [1.82, 2.24) is 0 Å². The number of thiophene rings is 1. The van der Waals surface area contributed by atoms with Crippen molar-refractivity contribution in [3.63, 3.8) is 0 Å². The van der Waals surface area contributed by atoms with Crippen molar-refractivity contribution in [3.8, 4) is 0 Å². The van der Waals surface area contributed by atoms with Gasteiger partial charge in [0, 0.05) is 12.8 Å². The molecule has 1 rings (SSSR count). The van der Waals surface area contributed by atoms with Crippen molar-refractivity contribution >= 4 is 34.7 Å². The third-order valence-electron chi connectivity index (χ3n) is 1.90. The number of halogens is 1. The van der Waals surface area contributed by atoms with Crippen LogP contribution in [0.1, 0.15) is 29.4 Å². The van der Waals surface area contributed by atoms with Crippen LogP contribution in [0.25, 0.3) is 0 Å². The summed E-state index contributed by atoms with van der Waals surface area (Å²) in [4.78, 5) is 22.6. The highest BCUT2D eigenvalue weighted by molar-refractivity contribution is 7.18. The highest BCUT2D eigenvalue weighted by Crippen LogP contribution is 2.24. The summed E-state index contributed by atoms with van der Waals surface area (Å²) in [6, 6.07) is 3.34. The van der Waals surface area contributed by atoms with Gasteiger partial charge < -0.3 is 5.11 Å². The van der Waals surface area contributed by atoms with E-state index in [0.717, 1.165) is 0 Å². The van der Waals surface area contributed by atoms with E-state index in [4.69, 9.17) is 16.7 Å². The molecule has 0 unspecified atom stereocenters. The first-order valence-corrected chi connectivity index (χ1v) is 5.69. The van der Waals surface area contributed by atoms with Gasteiger partial charge in [-0.1, -0.05) is 18.5 Å². The molecule has 0 saturated carbocycles. The van der Waals surface area contributed by atoms with Crippen molar-refractivity contribution in [1.29, 1.82) is 0 Å². The van der Waals surface area contributed by atoms with Gasteiger partial charge in [-0.15, -0.1) is 11.3 Å². The SMILES string of the molecule is C[C@@H](CC(=O)O)CC(=O)c1ccc(Cl)s1. The smallest absolute Gasteiger partial charge is 0.303 e. The molecular weight excluding hydrogens is 236 g/mol. The highest BCUT2D eigenvalue weighted by atomic mass is 35.5. The van der Waals surface area contributed by atoms with Crippen molar-refractivity contribution in [3.05, 3.63) is 21.3 Å². The lowest BCUT2D eigenvalue weighted by Crippen LogP contribution is -2.09. The molecule has 0 aliphatic carbocycles. The molecular formula is C10H11ClO3S. The molecule has 1 heterocycles. The molecule has 0 aliphatic heterocycles. The summed E-state index contributed by atoms with van der Waals surface area (Å²) in [7, 11) is 0. The van der Waals surface area contributed by atoms with E-state index in [9.17, 15) is 9.59 Å². The number of Topliss-reactive ketones (excluding diaryl/α,β-unsaturated/α-hetero) is 1. The molecule has 1 atom stereocenters. The second-order valence-electron chi connectivity index (χ2n) is 3.43. The van der Waals surface area contributed by atoms with Crippen LogP contribution in [0.2, 0.25) is 4.34 Å². The van der Waals surface area contributed by atoms with Crippen LogP contribution in [-0.4, -0.2) is 16.9 Å². The lowest BCUT2D eigenvalue weighted by atomic mass is 10.0. The van der Waals surface area contributed by atoms with E-state index >= 15 is 0 Å². The fourth-order valence-corrected chi connectivity index (χ4v) is 2.24. The summed E-state index contributed by atoms with van der Waals surface area (Å²) >= 11 is 6.92. The van der Waals surface area contributed by atoms with E-state index in [1.165, 1.54) is 11.3 Å². The summed E-state index contributed by atoms with van der Waals surface area (Å²) in [6.45, 7) is 1.75. The van der Waals surface area contributed by atoms with Gasteiger partial charge in [-0.25, -0.2) is 0 Å². The van der Waals surface area contributed by atoms with E-state index in [1.807, 2.05) is 0 Å². The molecule has 0 saturated heterocycles. The Hall–Kier alpha value is -0.870. The van der Waals surface area contributed by atoms with Gasteiger partial charge >= 0.3 is 5.97 Å². The van der Waals surface area contributed by atoms with E-state index in [1.54, 1.807) is 19.1 Å². The molecule has 82 valence electrons. The molecule has 0 aliphatic rings. The predicted molar refractivity (Wildman–Crippen MR) is 59.7 cm³/mol. The van der Waals surface area contributed by atoms with E-state index in [2.05, 4.69) is 0 Å². The third kappa shape index (κ3) is 4.01. The Balaban J connectivity index is 2.52. The average molecular weight is 247 g/mol. The number of carbonyl (C=O) groups excluding carboxylic acids is 1. The number of hydrogen-bond donors (Lipinski definition) is 1. The number of carbonyl (C=O) groups is 2. The van der Waals surface area contributed by atoms with Gasteiger partial charge in [0.1, 0.15) is 0 Å². The van der Waals surface area contributed by atoms with Gasteiger partial charge in [0.15, 0.2) is 5.78 Å². The zero-order chi connectivity index (χ0) is 11.4. The number of rotatable bonds is 5. The molecule has 3 nitrogen and oxygen atoms in total. The average Bonchev–Trinajstić information content (AvgIpc) is 2.49. The largest absolute Gasteiger partial charge is 0.481 e.